The Morgan fingerprint density at radius 1 is 1.20 bits per heavy atom. The summed E-state index contributed by atoms with van der Waals surface area (Å²) in [5.41, 5.74) is 1.82. The molecule has 0 bridgehead atoms. The molecule has 0 heterocycles. The quantitative estimate of drug-likeness (QED) is 0.843. The van der Waals surface area contributed by atoms with Crippen molar-refractivity contribution in [3.63, 3.8) is 0 Å². The van der Waals surface area contributed by atoms with Crippen LogP contribution in [-0.2, 0) is 17.4 Å². The highest BCUT2D eigenvalue weighted by molar-refractivity contribution is 5.92. The SMILES string of the molecule is CCc1ccc(NC(=O)COc2ccc(C(F)(F)F)cc2O)cc1C. The van der Waals surface area contributed by atoms with E-state index in [0.29, 0.717) is 11.8 Å². The normalized spacial score (nSPS) is 11.2. The Morgan fingerprint density at radius 3 is 2.48 bits per heavy atom. The van der Waals surface area contributed by atoms with E-state index in [4.69, 9.17) is 4.74 Å². The molecule has 0 aliphatic rings. The highest BCUT2D eigenvalue weighted by atomic mass is 19.4. The van der Waals surface area contributed by atoms with Gasteiger partial charge in [0.2, 0.25) is 0 Å². The third-order valence-corrected chi connectivity index (χ3v) is 3.65. The van der Waals surface area contributed by atoms with Crippen molar-refractivity contribution in [3.8, 4) is 11.5 Å². The lowest BCUT2D eigenvalue weighted by Crippen LogP contribution is -2.20. The van der Waals surface area contributed by atoms with Crippen molar-refractivity contribution < 1.29 is 27.8 Å². The molecule has 0 unspecified atom stereocenters. The second kappa shape index (κ2) is 7.46. The predicted octanol–water partition coefficient (Wildman–Crippen LogP) is 4.30. The largest absolute Gasteiger partial charge is 0.504 e. The van der Waals surface area contributed by atoms with Gasteiger partial charge in [0.25, 0.3) is 5.91 Å². The molecule has 2 aromatic rings. The van der Waals surface area contributed by atoms with E-state index in [1.165, 1.54) is 5.56 Å². The number of alkyl halides is 3. The number of aryl methyl sites for hydroxylation is 2. The lowest BCUT2D eigenvalue weighted by molar-refractivity contribution is -0.137. The molecule has 134 valence electrons. The Balaban J connectivity index is 1.97. The van der Waals surface area contributed by atoms with E-state index in [1.807, 2.05) is 26.0 Å². The molecule has 0 aliphatic heterocycles. The molecular formula is C18H18F3NO3. The molecule has 25 heavy (non-hydrogen) atoms. The van der Waals surface area contributed by atoms with E-state index >= 15 is 0 Å². The Bertz CT molecular complexity index is 773. The lowest BCUT2D eigenvalue weighted by Gasteiger charge is -2.12. The van der Waals surface area contributed by atoms with E-state index in [0.717, 1.165) is 24.1 Å². The number of amides is 1. The molecule has 2 N–H and O–H groups in total. The molecule has 2 rings (SSSR count). The highest BCUT2D eigenvalue weighted by Crippen LogP contribution is 2.35. The van der Waals surface area contributed by atoms with Gasteiger partial charge in [-0.05, 0) is 54.8 Å². The standard InChI is InChI=1S/C18H18F3NO3/c1-3-12-4-6-14(8-11(12)2)22-17(24)10-25-16-7-5-13(9-15(16)23)18(19,20)21/h4-9,23H,3,10H2,1-2H3,(H,22,24). The molecule has 7 heteroatoms. The summed E-state index contributed by atoms with van der Waals surface area (Å²) in [6.45, 7) is 3.53. The van der Waals surface area contributed by atoms with Crippen molar-refractivity contribution in [2.45, 2.75) is 26.4 Å². The molecule has 0 saturated heterocycles. The van der Waals surface area contributed by atoms with Crippen LogP contribution in [0.1, 0.15) is 23.6 Å². The summed E-state index contributed by atoms with van der Waals surface area (Å²) in [6, 6.07) is 7.81. The van der Waals surface area contributed by atoms with E-state index in [-0.39, 0.29) is 5.75 Å². The number of halogens is 3. The number of hydrogen-bond acceptors (Lipinski definition) is 3. The number of carbonyl (C=O) groups is 1. The van der Waals surface area contributed by atoms with Gasteiger partial charge >= 0.3 is 6.18 Å². The van der Waals surface area contributed by atoms with Crippen LogP contribution in [-0.4, -0.2) is 17.6 Å². The molecule has 1 amide bonds. The van der Waals surface area contributed by atoms with Crippen LogP contribution in [0.5, 0.6) is 11.5 Å². The molecular weight excluding hydrogens is 335 g/mol. The zero-order chi connectivity index (χ0) is 18.6. The number of nitrogens with one attached hydrogen (secondary N) is 1. The highest BCUT2D eigenvalue weighted by Gasteiger charge is 2.31. The number of rotatable bonds is 5. The fourth-order valence-corrected chi connectivity index (χ4v) is 2.33. The Labute approximate surface area is 143 Å². The third-order valence-electron chi connectivity index (χ3n) is 3.65. The van der Waals surface area contributed by atoms with E-state index in [1.54, 1.807) is 6.07 Å². The topological polar surface area (TPSA) is 58.6 Å². The summed E-state index contributed by atoms with van der Waals surface area (Å²) in [6.07, 6.45) is -3.67. The lowest BCUT2D eigenvalue weighted by atomic mass is 10.1. The first-order valence-corrected chi connectivity index (χ1v) is 7.63. The third kappa shape index (κ3) is 4.89. The van der Waals surface area contributed by atoms with Crippen molar-refractivity contribution in [1.82, 2.24) is 0 Å². The zero-order valence-electron chi connectivity index (χ0n) is 13.8. The van der Waals surface area contributed by atoms with Gasteiger partial charge in [0, 0.05) is 5.69 Å². The van der Waals surface area contributed by atoms with Gasteiger partial charge in [-0.15, -0.1) is 0 Å². The summed E-state index contributed by atoms with van der Waals surface area (Å²) >= 11 is 0. The van der Waals surface area contributed by atoms with Crippen LogP contribution in [0.3, 0.4) is 0 Å². The minimum absolute atomic E-state index is 0.194. The number of phenols is 1. The van der Waals surface area contributed by atoms with Crippen LogP contribution >= 0.6 is 0 Å². The van der Waals surface area contributed by atoms with E-state index in [2.05, 4.69) is 5.32 Å². The summed E-state index contributed by atoms with van der Waals surface area (Å²) in [5.74, 6) is -1.35. The van der Waals surface area contributed by atoms with Gasteiger partial charge in [-0.3, -0.25) is 4.79 Å². The van der Waals surface area contributed by atoms with Gasteiger partial charge in [-0.25, -0.2) is 0 Å². The molecule has 0 saturated carbocycles. The number of aromatic hydroxyl groups is 1. The van der Waals surface area contributed by atoms with E-state index in [9.17, 15) is 23.1 Å². The van der Waals surface area contributed by atoms with Crippen molar-refractivity contribution in [2.75, 3.05) is 11.9 Å². The second-order valence-electron chi connectivity index (χ2n) is 5.51. The predicted molar refractivity (Wildman–Crippen MR) is 87.8 cm³/mol. The van der Waals surface area contributed by atoms with Gasteiger partial charge in [0.1, 0.15) is 0 Å². The monoisotopic (exact) mass is 353 g/mol. The minimum Gasteiger partial charge on any atom is -0.504 e. The second-order valence-corrected chi connectivity index (χ2v) is 5.51. The molecule has 0 atom stereocenters. The van der Waals surface area contributed by atoms with E-state index < -0.39 is 30.0 Å². The summed E-state index contributed by atoms with van der Waals surface area (Å²) in [5, 5.41) is 12.2. The molecule has 0 aromatic heterocycles. The van der Waals surface area contributed by atoms with Crippen molar-refractivity contribution in [3.05, 3.63) is 53.1 Å². The van der Waals surface area contributed by atoms with Gasteiger partial charge < -0.3 is 15.2 Å². The van der Waals surface area contributed by atoms with Crippen molar-refractivity contribution >= 4 is 11.6 Å². The van der Waals surface area contributed by atoms with Crippen LogP contribution in [0.2, 0.25) is 0 Å². The number of anilines is 1. The maximum Gasteiger partial charge on any atom is 0.416 e. The average Bonchev–Trinajstić information content (AvgIpc) is 2.53. The smallest absolute Gasteiger partial charge is 0.416 e. The van der Waals surface area contributed by atoms with Gasteiger partial charge in [0.05, 0.1) is 5.56 Å². The van der Waals surface area contributed by atoms with Crippen molar-refractivity contribution in [2.24, 2.45) is 0 Å². The van der Waals surface area contributed by atoms with Crippen LogP contribution in [0.15, 0.2) is 36.4 Å². The first-order valence-electron chi connectivity index (χ1n) is 7.63. The van der Waals surface area contributed by atoms with Crippen LogP contribution in [0.4, 0.5) is 18.9 Å². The Hall–Kier alpha value is -2.70. The summed E-state index contributed by atoms with van der Waals surface area (Å²) in [7, 11) is 0. The summed E-state index contributed by atoms with van der Waals surface area (Å²) < 4.78 is 42.7. The maximum atomic E-state index is 12.5. The number of ether oxygens (including phenoxy) is 1. The zero-order valence-corrected chi connectivity index (χ0v) is 13.8. The Morgan fingerprint density at radius 2 is 1.92 bits per heavy atom. The van der Waals surface area contributed by atoms with Gasteiger partial charge in [-0.2, -0.15) is 13.2 Å². The fourth-order valence-electron chi connectivity index (χ4n) is 2.33. The maximum absolute atomic E-state index is 12.5. The molecule has 0 aliphatic carbocycles. The summed E-state index contributed by atoms with van der Waals surface area (Å²) in [4.78, 5) is 11.9. The Kier molecular flexibility index (Phi) is 5.56. The number of carbonyl (C=O) groups excluding carboxylic acids is 1. The van der Waals surface area contributed by atoms with Crippen LogP contribution < -0.4 is 10.1 Å². The van der Waals surface area contributed by atoms with Crippen LogP contribution in [0, 0.1) is 6.92 Å². The molecule has 0 spiro atoms. The van der Waals surface area contributed by atoms with Crippen molar-refractivity contribution in [1.29, 1.82) is 0 Å². The minimum atomic E-state index is -4.56. The number of benzene rings is 2. The van der Waals surface area contributed by atoms with Gasteiger partial charge in [0.15, 0.2) is 18.1 Å². The number of hydrogen-bond donors (Lipinski definition) is 2. The first kappa shape index (κ1) is 18.6. The van der Waals surface area contributed by atoms with Gasteiger partial charge in [-0.1, -0.05) is 13.0 Å². The molecule has 0 radical (unpaired) electrons. The first-order chi connectivity index (χ1) is 11.7. The molecule has 4 nitrogen and oxygen atoms in total. The molecule has 0 fully saturated rings. The van der Waals surface area contributed by atoms with Crippen LogP contribution in [0.25, 0.3) is 0 Å². The number of phenolic OH excluding ortho intramolecular Hbond substituents is 1. The fraction of sp³-hybridized carbons (Fsp3) is 0.278. The molecule has 2 aromatic carbocycles. The average molecular weight is 353 g/mol.